The monoisotopic (exact) mass is 258 g/mol. The van der Waals surface area contributed by atoms with E-state index in [1.165, 1.54) is 0 Å². The zero-order valence-electron chi connectivity index (χ0n) is 11.8. The highest BCUT2D eigenvalue weighted by atomic mass is 16.5. The van der Waals surface area contributed by atoms with Crippen LogP contribution in [0.5, 0.6) is 0 Å². The Morgan fingerprint density at radius 3 is 2.50 bits per heavy atom. The molecule has 0 saturated carbocycles. The third kappa shape index (κ3) is 6.33. The topological polar surface area (TPSA) is 53.0 Å². The van der Waals surface area contributed by atoms with Crippen LogP contribution in [-0.4, -0.2) is 72.9 Å². The lowest BCUT2D eigenvalue weighted by atomic mass is 10.2. The third-order valence-corrected chi connectivity index (χ3v) is 3.22. The van der Waals surface area contributed by atoms with Crippen molar-refractivity contribution in [1.82, 2.24) is 9.80 Å². The second-order valence-electron chi connectivity index (χ2n) is 5.32. The van der Waals surface area contributed by atoms with E-state index in [4.69, 9.17) is 9.84 Å². The highest BCUT2D eigenvalue weighted by molar-refractivity contribution is 5.66. The number of carboxylic acid groups (broad SMARTS) is 1. The summed E-state index contributed by atoms with van der Waals surface area (Å²) in [6, 6.07) is 0. The Labute approximate surface area is 110 Å². The molecule has 1 heterocycles. The van der Waals surface area contributed by atoms with Crippen molar-refractivity contribution >= 4 is 5.97 Å². The maximum absolute atomic E-state index is 10.4. The van der Waals surface area contributed by atoms with Crippen molar-refractivity contribution in [2.45, 2.75) is 38.9 Å². The van der Waals surface area contributed by atoms with Gasteiger partial charge in [0.25, 0.3) is 0 Å². The molecule has 0 radical (unpaired) electrons. The SMILES string of the molecule is C[C@@H]1CN(CCN(C)CCCC(=O)O)C[C@H](C)O1. The number of carboxylic acids is 1. The second-order valence-corrected chi connectivity index (χ2v) is 5.32. The van der Waals surface area contributed by atoms with Crippen LogP contribution in [0, 0.1) is 0 Å². The molecule has 1 aliphatic rings. The molecule has 0 aromatic heterocycles. The van der Waals surface area contributed by atoms with E-state index in [-0.39, 0.29) is 6.42 Å². The van der Waals surface area contributed by atoms with Crippen LogP contribution >= 0.6 is 0 Å². The van der Waals surface area contributed by atoms with Gasteiger partial charge in [-0.05, 0) is 33.9 Å². The Morgan fingerprint density at radius 1 is 1.33 bits per heavy atom. The first kappa shape index (κ1) is 15.4. The molecule has 1 N–H and O–H groups in total. The summed E-state index contributed by atoms with van der Waals surface area (Å²) in [4.78, 5) is 15.0. The first-order valence-electron chi connectivity index (χ1n) is 6.75. The Hall–Kier alpha value is -0.650. The summed E-state index contributed by atoms with van der Waals surface area (Å²) >= 11 is 0. The quantitative estimate of drug-likeness (QED) is 0.735. The van der Waals surface area contributed by atoms with Crippen LogP contribution in [0.25, 0.3) is 0 Å². The fourth-order valence-corrected chi connectivity index (χ4v) is 2.39. The number of ether oxygens (including phenoxy) is 1. The van der Waals surface area contributed by atoms with Crippen LogP contribution in [0.15, 0.2) is 0 Å². The van der Waals surface area contributed by atoms with E-state index in [1.54, 1.807) is 0 Å². The maximum atomic E-state index is 10.4. The van der Waals surface area contributed by atoms with Gasteiger partial charge in [-0.25, -0.2) is 0 Å². The summed E-state index contributed by atoms with van der Waals surface area (Å²) in [7, 11) is 2.05. The molecule has 2 atom stereocenters. The summed E-state index contributed by atoms with van der Waals surface area (Å²) < 4.78 is 5.69. The van der Waals surface area contributed by atoms with Crippen molar-refractivity contribution in [3.05, 3.63) is 0 Å². The second kappa shape index (κ2) is 7.71. The summed E-state index contributed by atoms with van der Waals surface area (Å²) in [5.41, 5.74) is 0. The number of rotatable bonds is 7. The zero-order valence-corrected chi connectivity index (χ0v) is 11.8. The first-order valence-corrected chi connectivity index (χ1v) is 6.75. The molecule has 5 heteroatoms. The number of morpholine rings is 1. The fourth-order valence-electron chi connectivity index (χ4n) is 2.39. The summed E-state index contributed by atoms with van der Waals surface area (Å²) in [6.45, 7) is 9.07. The smallest absolute Gasteiger partial charge is 0.303 e. The van der Waals surface area contributed by atoms with Gasteiger partial charge in [-0.2, -0.15) is 0 Å². The lowest BCUT2D eigenvalue weighted by Gasteiger charge is -2.36. The van der Waals surface area contributed by atoms with E-state index < -0.39 is 5.97 Å². The minimum Gasteiger partial charge on any atom is -0.481 e. The Bertz CT molecular complexity index is 251. The Kier molecular flexibility index (Phi) is 6.60. The van der Waals surface area contributed by atoms with Crippen LogP contribution in [-0.2, 0) is 9.53 Å². The van der Waals surface area contributed by atoms with Gasteiger partial charge in [-0.1, -0.05) is 0 Å². The number of carbonyl (C=O) groups is 1. The molecule has 0 bridgehead atoms. The number of nitrogens with zero attached hydrogens (tertiary/aromatic N) is 2. The molecule has 0 amide bonds. The standard InChI is InChI=1S/C13H26N2O3/c1-11-9-15(10-12(2)18-11)8-7-14(3)6-4-5-13(16)17/h11-12H,4-10H2,1-3H3,(H,16,17)/t11-,12+. The van der Waals surface area contributed by atoms with Gasteiger partial charge in [-0.3, -0.25) is 9.69 Å². The van der Waals surface area contributed by atoms with Crippen molar-refractivity contribution in [1.29, 1.82) is 0 Å². The van der Waals surface area contributed by atoms with Gasteiger partial charge in [0.2, 0.25) is 0 Å². The molecule has 0 unspecified atom stereocenters. The van der Waals surface area contributed by atoms with Gasteiger partial charge in [0.05, 0.1) is 12.2 Å². The van der Waals surface area contributed by atoms with Gasteiger partial charge < -0.3 is 14.7 Å². The zero-order chi connectivity index (χ0) is 13.5. The summed E-state index contributed by atoms with van der Waals surface area (Å²) in [5.74, 6) is -0.709. The summed E-state index contributed by atoms with van der Waals surface area (Å²) in [5, 5.41) is 8.58. The highest BCUT2D eigenvalue weighted by Gasteiger charge is 2.21. The highest BCUT2D eigenvalue weighted by Crippen LogP contribution is 2.10. The van der Waals surface area contributed by atoms with Gasteiger partial charge in [-0.15, -0.1) is 0 Å². The van der Waals surface area contributed by atoms with E-state index in [2.05, 4.69) is 30.7 Å². The lowest BCUT2D eigenvalue weighted by Crippen LogP contribution is -2.47. The predicted molar refractivity (Wildman–Crippen MR) is 70.8 cm³/mol. The molecule has 1 saturated heterocycles. The van der Waals surface area contributed by atoms with Gasteiger partial charge in [0, 0.05) is 32.6 Å². The minimum atomic E-state index is -0.709. The minimum absolute atomic E-state index is 0.260. The third-order valence-electron chi connectivity index (χ3n) is 3.22. The molecule has 1 aliphatic heterocycles. The predicted octanol–water partition coefficient (Wildman–Crippen LogP) is 0.892. The van der Waals surface area contributed by atoms with Crippen LogP contribution in [0.4, 0.5) is 0 Å². The van der Waals surface area contributed by atoms with Crippen LogP contribution in [0.2, 0.25) is 0 Å². The van der Waals surface area contributed by atoms with Crippen LogP contribution in [0.1, 0.15) is 26.7 Å². The maximum Gasteiger partial charge on any atom is 0.303 e. The molecule has 0 aromatic rings. The number of aliphatic carboxylic acids is 1. The molecule has 18 heavy (non-hydrogen) atoms. The Morgan fingerprint density at radius 2 is 1.94 bits per heavy atom. The number of likely N-dealkylation sites (N-methyl/N-ethyl adjacent to an activating group) is 1. The molecule has 0 aliphatic carbocycles. The van der Waals surface area contributed by atoms with Crippen molar-refractivity contribution in [3.63, 3.8) is 0 Å². The van der Waals surface area contributed by atoms with E-state index >= 15 is 0 Å². The lowest BCUT2D eigenvalue weighted by molar-refractivity contribution is -0.137. The molecule has 1 fully saturated rings. The molecule has 0 spiro atoms. The number of hydrogen-bond acceptors (Lipinski definition) is 4. The summed E-state index contributed by atoms with van der Waals surface area (Å²) in [6.07, 6.45) is 1.61. The average Bonchev–Trinajstić information content (AvgIpc) is 2.24. The molecule has 106 valence electrons. The Balaban J connectivity index is 2.13. The van der Waals surface area contributed by atoms with E-state index in [0.717, 1.165) is 39.1 Å². The molecule has 0 aromatic carbocycles. The van der Waals surface area contributed by atoms with Gasteiger partial charge in [0.15, 0.2) is 0 Å². The van der Waals surface area contributed by atoms with Crippen LogP contribution in [0.3, 0.4) is 0 Å². The van der Waals surface area contributed by atoms with Crippen LogP contribution < -0.4 is 0 Å². The largest absolute Gasteiger partial charge is 0.481 e. The van der Waals surface area contributed by atoms with Crippen molar-refractivity contribution in [2.24, 2.45) is 0 Å². The van der Waals surface area contributed by atoms with Gasteiger partial charge in [0.1, 0.15) is 0 Å². The van der Waals surface area contributed by atoms with E-state index in [9.17, 15) is 4.79 Å². The number of hydrogen-bond donors (Lipinski definition) is 1. The van der Waals surface area contributed by atoms with E-state index in [1.807, 2.05) is 0 Å². The molecular weight excluding hydrogens is 232 g/mol. The molecule has 5 nitrogen and oxygen atoms in total. The first-order chi connectivity index (χ1) is 8.47. The normalized spacial score (nSPS) is 25.6. The van der Waals surface area contributed by atoms with Crippen molar-refractivity contribution in [2.75, 3.05) is 39.8 Å². The average molecular weight is 258 g/mol. The molecular formula is C13H26N2O3. The van der Waals surface area contributed by atoms with Crippen molar-refractivity contribution < 1.29 is 14.6 Å². The van der Waals surface area contributed by atoms with E-state index in [0.29, 0.717) is 12.2 Å². The fraction of sp³-hybridized carbons (Fsp3) is 0.923. The van der Waals surface area contributed by atoms with Crippen molar-refractivity contribution in [3.8, 4) is 0 Å². The molecule has 1 rings (SSSR count). The van der Waals surface area contributed by atoms with Gasteiger partial charge >= 0.3 is 5.97 Å².